The van der Waals surface area contributed by atoms with Crippen LogP contribution in [0, 0.1) is 5.92 Å². The lowest BCUT2D eigenvalue weighted by Gasteiger charge is -2.65. The summed E-state index contributed by atoms with van der Waals surface area (Å²) >= 11 is 12.5. The summed E-state index contributed by atoms with van der Waals surface area (Å²) in [4.78, 5) is 0. The van der Waals surface area contributed by atoms with Crippen molar-refractivity contribution in [2.24, 2.45) is 5.92 Å². The van der Waals surface area contributed by atoms with Crippen molar-refractivity contribution in [3.05, 3.63) is 33.8 Å². The van der Waals surface area contributed by atoms with Gasteiger partial charge in [-0.05, 0) is 30.5 Å². The molecule has 4 nitrogen and oxygen atoms in total. The van der Waals surface area contributed by atoms with E-state index in [1.54, 1.807) is 0 Å². The summed E-state index contributed by atoms with van der Waals surface area (Å²) in [6.45, 7) is 11.7. The van der Waals surface area contributed by atoms with E-state index in [1.165, 1.54) is 38.5 Å². The Morgan fingerprint density at radius 1 is 1.10 bits per heavy atom. The molecule has 3 atom stereocenters. The fourth-order valence-corrected chi connectivity index (χ4v) is 5.12. The molecule has 2 fully saturated rings. The smallest absolute Gasteiger partial charge is 0.119 e. The van der Waals surface area contributed by atoms with Gasteiger partial charge in [0.25, 0.3) is 0 Å². The molecule has 3 unspecified atom stereocenters. The average Bonchev–Trinajstić information content (AvgIpc) is 2.73. The lowest BCUT2D eigenvalue weighted by molar-refractivity contribution is -0.286. The van der Waals surface area contributed by atoms with Crippen molar-refractivity contribution < 1.29 is 4.74 Å². The van der Waals surface area contributed by atoms with Crippen molar-refractivity contribution in [1.82, 2.24) is 15.3 Å². The van der Waals surface area contributed by atoms with Gasteiger partial charge in [0.2, 0.25) is 0 Å². The Morgan fingerprint density at radius 3 is 2.38 bits per heavy atom. The molecule has 2 aliphatic rings. The van der Waals surface area contributed by atoms with Gasteiger partial charge in [0, 0.05) is 32.1 Å². The van der Waals surface area contributed by atoms with E-state index < -0.39 is 0 Å². The first-order chi connectivity index (χ1) is 14.0. The maximum atomic E-state index is 6.39. The summed E-state index contributed by atoms with van der Waals surface area (Å²) in [5.41, 5.74) is 0.888. The molecule has 2 saturated heterocycles. The summed E-state index contributed by atoms with van der Waals surface area (Å²) in [6.07, 6.45) is 7.47. The third-order valence-electron chi connectivity index (χ3n) is 6.45. The molecule has 0 saturated carbocycles. The molecular weight excluding hydrogens is 405 g/mol. The van der Waals surface area contributed by atoms with Crippen LogP contribution < -0.4 is 5.32 Å². The zero-order valence-corrected chi connectivity index (χ0v) is 19.7. The van der Waals surface area contributed by atoms with E-state index in [-0.39, 0.29) is 11.8 Å². The minimum Gasteiger partial charge on any atom is -0.369 e. The summed E-state index contributed by atoms with van der Waals surface area (Å²) in [6, 6.07) is 5.93. The molecule has 3 rings (SSSR count). The standard InChI is InChI=1S/C23H37Cl2N3O/c1-4-6-8-13-27(14-9-7-5-2)28-17-18(3)23(28)22(29-15-12-26-23)19-10-11-20(24)21(25)16-19/h10-11,16,18,22,26H,4-9,12-15,17H2,1-3H3. The Hall–Kier alpha value is -0.360. The highest BCUT2D eigenvalue weighted by Crippen LogP contribution is 2.48. The Labute approximate surface area is 186 Å². The first kappa shape index (κ1) is 23.3. The summed E-state index contributed by atoms with van der Waals surface area (Å²) in [5, 5.41) is 10.2. The zero-order valence-electron chi connectivity index (χ0n) is 18.2. The number of nitrogens with zero attached hydrogens (tertiary/aromatic N) is 2. The molecule has 0 aliphatic carbocycles. The monoisotopic (exact) mass is 441 g/mol. The maximum Gasteiger partial charge on any atom is 0.119 e. The number of halogens is 2. The molecule has 1 spiro atoms. The van der Waals surface area contributed by atoms with Gasteiger partial charge in [-0.1, -0.05) is 75.7 Å². The van der Waals surface area contributed by atoms with E-state index in [9.17, 15) is 0 Å². The van der Waals surface area contributed by atoms with Gasteiger partial charge in [0.05, 0.1) is 16.7 Å². The van der Waals surface area contributed by atoms with Crippen LogP contribution in [0.3, 0.4) is 0 Å². The van der Waals surface area contributed by atoms with Crippen molar-refractivity contribution >= 4 is 23.2 Å². The van der Waals surface area contributed by atoms with Crippen LogP contribution in [0.25, 0.3) is 0 Å². The zero-order chi connectivity index (χ0) is 20.9. The molecule has 1 aromatic carbocycles. The van der Waals surface area contributed by atoms with Crippen LogP contribution in [-0.2, 0) is 4.74 Å². The number of nitrogens with one attached hydrogen (secondary N) is 1. The van der Waals surface area contributed by atoms with Gasteiger partial charge in [0.15, 0.2) is 0 Å². The maximum absolute atomic E-state index is 6.39. The van der Waals surface area contributed by atoms with Gasteiger partial charge in [-0.15, -0.1) is 0 Å². The van der Waals surface area contributed by atoms with E-state index in [1.807, 2.05) is 12.1 Å². The quantitative estimate of drug-likeness (QED) is 0.457. The Bertz CT molecular complexity index is 649. The summed E-state index contributed by atoms with van der Waals surface area (Å²) in [7, 11) is 0. The molecule has 2 heterocycles. The van der Waals surface area contributed by atoms with Crippen LogP contribution >= 0.6 is 23.2 Å². The highest BCUT2D eigenvalue weighted by molar-refractivity contribution is 6.42. The number of benzene rings is 1. The molecule has 0 radical (unpaired) electrons. The first-order valence-corrected chi connectivity index (χ1v) is 12.1. The second kappa shape index (κ2) is 10.8. The fraction of sp³-hybridized carbons (Fsp3) is 0.739. The SMILES string of the molecule is CCCCCN(CCCCC)N1CC(C)C12NCCOC2c1ccc(Cl)c(Cl)c1. The third-order valence-corrected chi connectivity index (χ3v) is 7.19. The van der Waals surface area contributed by atoms with E-state index >= 15 is 0 Å². The molecule has 0 bridgehead atoms. The normalized spacial score (nSPS) is 27.5. The van der Waals surface area contributed by atoms with Crippen molar-refractivity contribution in [3.63, 3.8) is 0 Å². The first-order valence-electron chi connectivity index (χ1n) is 11.4. The second-order valence-corrected chi connectivity index (χ2v) is 9.34. The van der Waals surface area contributed by atoms with E-state index in [2.05, 4.69) is 42.2 Å². The molecule has 29 heavy (non-hydrogen) atoms. The third kappa shape index (κ3) is 4.94. The lowest BCUT2D eigenvalue weighted by Crippen LogP contribution is -2.81. The van der Waals surface area contributed by atoms with E-state index in [4.69, 9.17) is 27.9 Å². The van der Waals surface area contributed by atoms with Crippen LogP contribution in [-0.4, -0.2) is 48.5 Å². The van der Waals surface area contributed by atoms with Gasteiger partial charge < -0.3 is 4.74 Å². The molecule has 1 aromatic rings. The number of hydrogen-bond acceptors (Lipinski definition) is 4. The van der Waals surface area contributed by atoms with Crippen molar-refractivity contribution in [2.45, 2.75) is 71.1 Å². The number of hydrogen-bond donors (Lipinski definition) is 1. The number of rotatable bonds is 10. The van der Waals surface area contributed by atoms with Crippen molar-refractivity contribution in [1.29, 1.82) is 0 Å². The molecule has 1 N–H and O–H groups in total. The summed E-state index contributed by atoms with van der Waals surface area (Å²) < 4.78 is 6.39. The lowest BCUT2D eigenvalue weighted by atomic mass is 9.76. The van der Waals surface area contributed by atoms with E-state index in [0.29, 0.717) is 22.6 Å². The van der Waals surface area contributed by atoms with Gasteiger partial charge >= 0.3 is 0 Å². The van der Waals surface area contributed by atoms with Gasteiger partial charge in [-0.3, -0.25) is 5.32 Å². The number of ether oxygens (including phenoxy) is 1. The Balaban J connectivity index is 1.85. The predicted molar refractivity (Wildman–Crippen MR) is 122 cm³/mol. The molecule has 6 heteroatoms. The predicted octanol–water partition coefficient (Wildman–Crippen LogP) is 5.90. The molecule has 0 amide bonds. The van der Waals surface area contributed by atoms with Gasteiger partial charge in [0.1, 0.15) is 11.8 Å². The Morgan fingerprint density at radius 2 is 1.79 bits per heavy atom. The van der Waals surface area contributed by atoms with Crippen LogP contribution in [0.5, 0.6) is 0 Å². The average molecular weight is 442 g/mol. The van der Waals surface area contributed by atoms with Gasteiger partial charge in [-0.25, -0.2) is 10.0 Å². The molecule has 0 aromatic heterocycles. The fourth-order valence-electron chi connectivity index (χ4n) is 4.82. The highest BCUT2D eigenvalue weighted by atomic mass is 35.5. The molecule has 164 valence electrons. The van der Waals surface area contributed by atoms with Crippen LogP contribution in [0.1, 0.15) is 71.0 Å². The van der Waals surface area contributed by atoms with Gasteiger partial charge in [-0.2, -0.15) is 0 Å². The highest BCUT2D eigenvalue weighted by Gasteiger charge is 2.60. The molecular formula is C23H37Cl2N3O. The van der Waals surface area contributed by atoms with Crippen molar-refractivity contribution in [2.75, 3.05) is 32.8 Å². The number of unbranched alkanes of at least 4 members (excludes halogenated alkanes) is 4. The number of hydrazine groups is 1. The minimum atomic E-state index is -0.214. The topological polar surface area (TPSA) is 27.7 Å². The van der Waals surface area contributed by atoms with Crippen LogP contribution in [0.2, 0.25) is 10.0 Å². The van der Waals surface area contributed by atoms with Crippen LogP contribution in [0.4, 0.5) is 0 Å². The molecule has 2 aliphatic heterocycles. The minimum absolute atomic E-state index is 0.0605. The summed E-state index contributed by atoms with van der Waals surface area (Å²) in [5.74, 6) is 0.488. The number of morpholine rings is 1. The van der Waals surface area contributed by atoms with Crippen molar-refractivity contribution in [3.8, 4) is 0 Å². The largest absolute Gasteiger partial charge is 0.369 e. The van der Waals surface area contributed by atoms with Crippen LogP contribution in [0.15, 0.2) is 18.2 Å². The Kier molecular flexibility index (Phi) is 8.67. The second-order valence-electron chi connectivity index (χ2n) is 8.53. The van der Waals surface area contributed by atoms with E-state index in [0.717, 1.165) is 31.7 Å².